The minimum Gasteiger partial charge on any atom is -0.463 e. The van der Waals surface area contributed by atoms with Gasteiger partial charge in [-0.3, -0.25) is 4.79 Å². The summed E-state index contributed by atoms with van der Waals surface area (Å²) >= 11 is 0. The zero-order chi connectivity index (χ0) is 21.5. The van der Waals surface area contributed by atoms with E-state index in [9.17, 15) is 9.59 Å². The third-order valence-corrected chi connectivity index (χ3v) is 3.64. The van der Waals surface area contributed by atoms with Gasteiger partial charge in [-0.2, -0.15) is 0 Å². The molecule has 166 valence electrons. The van der Waals surface area contributed by atoms with Crippen molar-refractivity contribution >= 4 is 12.1 Å². The van der Waals surface area contributed by atoms with Crippen LogP contribution in [0.1, 0.15) is 46.2 Å². The lowest BCUT2D eigenvalue weighted by Crippen LogP contribution is -2.24. The highest BCUT2D eigenvalue weighted by Crippen LogP contribution is 2.14. The van der Waals surface area contributed by atoms with Crippen molar-refractivity contribution in [1.29, 1.82) is 0 Å². The molecule has 1 heterocycles. The van der Waals surface area contributed by atoms with E-state index in [1.54, 1.807) is 31.6 Å². The average molecular weight is 415 g/mol. The second-order valence-electron chi connectivity index (χ2n) is 7.43. The van der Waals surface area contributed by atoms with Crippen LogP contribution < -0.4 is 5.32 Å². The molecule has 0 saturated heterocycles. The number of amides is 1. The second-order valence-corrected chi connectivity index (χ2v) is 7.43. The number of ether oxygens (including phenoxy) is 4. The summed E-state index contributed by atoms with van der Waals surface area (Å²) in [7, 11) is 0. The lowest BCUT2D eigenvalue weighted by atomic mass is 9.97. The van der Waals surface area contributed by atoms with Crippen LogP contribution in [0.3, 0.4) is 0 Å². The minimum atomic E-state index is -0.502. The third-order valence-electron chi connectivity index (χ3n) is 3.64. The first kappa shape index (κ1) is 24.8. The summed E-state index contributed by atoms with van der Waals surface area (Å²) in [6, 6.07) is 0. The van der Waals surface area contributed by atoms with Gasteiger partial charge in [0.2, 0.25) is 0 Å². The summed E-state index contributed by atoms with van der Waals surface area (Å²) in [6.07, 6.45) is 3.11. The molecule has 1 N–H and O–H groups in total. The van der Waals surface area contributed by atoms with Gasteiger partial charge in [-0.15, -0.1) is 5.10 Å². The average Bonchev–Trinajstić information content (AvgIpc) is 3.12. The van der Waals surface area contributed by atoms with Gasteiger partial charge < -0.3 is 24.3 Å². The van der Waals surface area contributed by atoms with E-state index in [0.29, 0.717) is 45.3 Å². The van der Waals surface area contributed by atoms with E-state index in [2.05, 4.69) is 15.6 Å². The third kappa shape index (κ3) is 12.1. The van der Waals surface area contributed by atoms with Crippen LogP contribution >= 0.6 is 0 Å². The molecule has 1 rings (SSSR count). The van der Waals surface area contributed by atoms with E-state index in [4.69, 9.17) is 18.9 Å². The van der Waals surface area contributed by atoms with E-state index < -0.39 is 11.5 Å². The highest BCUT2D eigenvalue weighted by molar-refractivity contribution is 5.75. The van der Waals surface area contributed by atoms with Crippen molar-refractivity contribution in [3.05, 3.63) is 11.9 Å². The van der Waals surface area contributed by atoms with Crippen molar-refractivity contribution in [2.45, 2.75) is 53.6 Å². The topological polar surface area (TPSA) is 114 Å². The number of carbonyl (C=O) groups excluding carboxylic acids is 2. The number of alkyl carbamates (subject to hydrolysis) is 1. The molecule has 0 spiro atoms. The quantitative estimate of drug-likeness (QED) is 0.363. The summed E-state index contributed by atoms with van der Waals surface area (Å²) in [5.41, 5.74) is 0.142. The molecule has 10 nitrogen and oxygen atoms in total. The Morgan fingerprint density at radius 1 is 1.03 bits per heavy atom. The van der Waals surface area contributed by atoms with E-state index in [0.717, 1.165) is 12.8 Å². The lowest BCUT2D eigenvalue weighted by Gasteiger charge is -2.16. The zero-order valence-corrected chi connectivity index (χ0v) is 17.9. The molecule has 0 aliphatic carbocycles. The first-order chi connectivity index (χ1) is 13.8. The van der Waals surface area contributed by atoms with Crippen LogP contribution in [0, 0.1) is 5.41 Å². The van der Waals surface area contributed by atoms with Crippen molar-refractivity contribution in [2.24, 2.45) is 5.41 Å². The van der Waals surface area contributed by atoms with E-state index in [1.807, 2.05) is 6.92 Å². The van der Waals surface area contributed by atoms with Crippen molar-refractivity contribution in [3.63, 3.8) is 0 Å². The maximum Gasteiger partial charge on any atom is 0.407 e. The van der Waals surface area contributed by atoms with Gasteiger partial charge in [0.25, 0.3) is 0 Å². The molecular formula is C19H34N4O6. The minimum absolute atomic E-state index is 0.234. The molecule has 0 saturated carbocycles. The van der Waals surface area contributed by atoms with Crippen LogP contribution in [0.15, 0.2) is 6.20 Å². The largest absolute Gasteiger partial charge is 0.463 e. The fraction of sp³-hybridized carbons (Fsp3) is 0.789. The highest BCUT2D eigenvalue weighted by Gasteiger charge is 2.22. The van der Waals surface area contributed by atoms with Crippen LogP contribution in [0.25, 0.3) is 0 Å². The smallest absolute Gasteiger partial charge is 0.407 e. The van der Waals surface area contributed by atoms with Gasteiger partial charge in [0.15, 0.2) is 0 Å². The van der Waals surface area contributed by atoms with Gasteiger partial charge >= 0.3 is 12.1 Å². The molecule has 1 aromatic rings. The maximum atomic E-state index is 11.6. The molecule has 1 aromatic heterocycles. The van der Waals surface area contributed by atoms with Crippen molar-refractivity contribution in [3.8, 4) is 0 Å². The van der Waals surface area contributed by atoms with Gasteiger partial charge in [-0.05, 0) is 27.2 Å². The Morgan fingerprint density at radius 2 is 1.72 bits per heavy atom. The van der Waals surface area contributed by atoms with Gasteiger partial charge in [0, 0.05) is 0 Å². The number of aromatic nitrogens is 3. The molecule has 0 aliphatic rings. The fourth-order valence-electron chi connectivity index (χ4n) is 1.94. The Balaban J connectivity index is 2.01. The van der Waals surface area contributed by atoms with Crippen molar-refractivity contribution in [2.75, 3.05) is 39.6 Å². The Morgan fingerprint density at radius 3 is 2.41 bits per heavy atom. The molecule has 0 radical (unpaired) electrons. The molecule has 29 heavy (non-hydrogen) atoms. The van der Waals surface area contributed by atoms with Crippen LogP contribution in [-0.4, -0.2) is 66.7 Å². The van der Waals surface area contributed by atoms with Crippen LogP contribution in [-0.2, 0) is 36.8 Å². The lowest BCUT2D eigenvalue weighted by molar-refractivity contribution is -0.154. The van der Waals surface area contributed by atoms with E-state index in [-0.39, 0.29) is 19.1 Å². The van der Waals surface area contributed by atoms with Gasteiger partial charge in [-0.25, -0.2) is 9.48 Å². The Labute approximate surface area is 172 Å². The Hall–Kier alpha value is -2.20. The van der Waals surface area contributed by atoms with Crippen LogP contribution in [0.5, 0.6) is 0 Å². The molecule has 0 bridgehead atoms. The number of carbonyl (C=O) groups is 2. The SMILES string of the molecule is CCCCOC(=O)NCc1cn(CCOCCOCCOC(=O)C(C)(C)C)nn1. The number of esters is 1. The second kappa shape index (κ2) is 13.9. The molecule has 0 aromatic carbocycles. The molecule has 0 unspecified atom stereocenters. The summed E-state index contributed by atoms with van der Waals surface area (Å²) in [4.78, 5) is 23.0. The highest BCUT2D eigenvalue weighted by atomic mass is 16.6. The molecule has 0 atom stereocenters. The van der Waals surface area contributed by atoms with Crippen molar-refractivity contribution < 1.29 is 28.5 Å². The van der Waals surface area contributed by atoms with Crippen molar-refractivity contribution in [1.82, 2.24) is 20.3 Å². The van der Waals surface area contributed by atoms with Crippen LogP contribution in [0.2, 0.25) is 0 Å². The standard InChI is InChI=1S/C19H34N4O6/c1-5-6-8-29-18(25)20-14-16-15-23(22-21-16)7-9-26-10-11-27-12-13-28-17(24)19(2,3)4/h15H,5-14H2,1-4H3,(H,20,25). The molecular weight excluding hydrogens is 380 g/mol. The molecule has 0 fully saturated rings. The summed E-state index contributed by atoms with van der Waals surface area (Å²) in [6.45, 7) is 10.5. The first-order valence-corrected chi connectivity index (χ1v) is 9.95. The summed E-state index contributed by atoms with van der Waals surface area (Å²) in [5.74, 6) is -0.242. The first-order valence-electron chi connectivity index (χ1n) is 9.95. The van der Waals surface area contributed by atoms with Gasteiger partial charge in [0.05, 0.1) is 57.7 Å². The predicted molar refractivity (Wildman–Crippen MR) is 105 cm³/mol. The number of hydrogen-bond acceptors (Lipinski definition) is 8. The normalized spacial score (nSPS) is 11.3. The monoisotopic (exact) mass is 414 g/mol. The zero-order valence-electron chi connectivity index (χ0n) is 17.9. The number of unbranched alkanes of at least 4 members (excludes halogenated alkanes) is 1. The number of rotatable bonds is 14. The maximum absolute atomic E-state index is 11.6. The van der Waals surface area contributed by atoms with Crippen LogP contribution in [0.4, 0.5) is 4.79 Å². The van der Waals surface area contributed by atoms with Gasteiger partial charge in [0.1, 0.15) is 12.3 Å². The molecule has 10 heteroatoms. The Bertz CT molecular complexity index is 600. The number of hydrogen-bond donors (Lipinski definition) is 1. The predicted octanol–water partition coefficient (Wildman–Crippen LogP) is 1.93. The number of nitrogens with zero attached hydrogens (tertiary/aromatic N) is 3. The molecule has 0 aliphatic heterocycles. The van der Waals surface area contributed by atoms with E-state index in [1.165, 1.54) is 0 Å². The van der Waals surface area contributed by atoms with E-state index >= 15 is 0 Å². The fourth-order valence-corrected chi connectivity index (χ4v) is 1.94. The Kier molecular flexibility index (Phi) is 11.9. The van der Waals surface area contributed by atoms with Gasteiger partial charge in [-0.1, -0.05) is 18.6 Å². The summed E-state index contributed by atoms with van der Waals surface area (Å²) < 4.78 is 22.6. The summed E-state index contributed by atoms with van der Waals surface area (Å²) in [5, 5.41) is 10.6. The molecule has 1 amide bonds. The number of nitrogens with one attached hydrogen (secondary N) is 1.